The molecular weight excluding hydrogens is 761 g/mol. The summed E-state index contributed by atoms with van der Waals surface area (Å²) >= 11 is 0. The molecule has 0 bridgehead atoms. The molecule has 0 aliphatic heterocycles. The zero-order valence-corrected chi connectivity index (χ0v) is 20.4. The van der Waals surface area contributed by atoms with E-state index in [4.69, 9.17) is 35.1 Å². The minimum absolute atomic E-state index is 0. The number of fused-ring (bicyclic) bond motifs is 1. The van der Waals surface area contributed by atoms with Gasteiger partial charge in [-0.1, -0.05) is 12.1 Å². The molecule has 0 saturated carbocycles. The first-order valence-electron chi connectivity index (χ1n) is 8.05. The van der Waals surface area contributed by atoms with Crippen LogP contribution in [0.25, 0.3) is 11.0 Å². The fourth-order valence-electron chi connectivity index (χ4n) is 2.11. The summed E-state index contributed by atoms with van der Waals surface area (Å²) in [4.78, 5) is 40.9. The van der Waals surface area contributed by atoms with Gasteiger partial charge >= 0.3 is 76.3 Å². The maximum Gasteiger partial charge on any atom is 3.00 e. The van der Waals surface area contributed by atoms with Crippen molar-refractivity contribution in [3.8, 4) is 11.5 Å². The number of benzene rings is 2. The molecule has 2 radical (unpaired) electrons. The van der Waals surface area contributed by atoms with E-state index in [0.717, 1.165) is 6.21 Å². The number of nitrogens with zero attached hydrogens (tertiary/aromatic N) is 3. The number of para-hydroxylation sites is 1. The van der Waals surface area contributed by atoms with Crippen LogP contribution in [0.3, 0.4) is 0 Å². The van der Waals surface area contributed by atoms with Crippen LogP contribution in [0.4, 0.5) is 0 Å². The molecule has 0 fully saturated rings. The number of carbonyl (C=O) groups excluding carboxylic acids is 1. The van der Waals surface area contributed by atoms with Crippen LogP contribution in [0.1, 0.15) is 15.9 Å². The first-order valence-corrected chi connectivity index (χ1v) is 8.05. The summed E-state index contributed by atoms with van der Waals surface area (Å²) in [6.45, 7) is 0. The SMILES string of the molecule is O=C(N/N=C/c1coc2ccc(O)cc2c1=O)c1ccccc1O.O=[N+]([O-])O.O=[N+]([O-])O.[Dy+3].[Dy+3]. The van der Waals surface area contributed by atoms with Gasteiger partial charge in [-0.3, -0.25) is 9.59 Å². The Bertz CT molecular complexity index is 1200. The van der Waals surface area contributed by atoms with Crippen LogP contribution in [0, 0.1) is 96.6 Å². The molecule has 3 rings (SSSR count). The third-order valence-electron chi connectivity index (χ3n) is 3.30. The molecule has 0 aliphatic carbocycles. The fourth-order valence-corrected chi connectivity index (χ4v) is 2.11. The summed E-state index contributed by atoms with van der Waals surface area (Å²) in [5.74, 6) is -0.852. The van der Waals surface area contributed by atoms with Gasteiger partial charge < -0.3 is 25.0 Å². The van der Waals surface area contributed by atoms with E-state index in [1.54, 1.807) is 12.1 Å². The van der Waals surface area contributed by atoms with Crippen molar-refractivity contribution in [2.24, 2.45) is 5.10 Å². The molecule has 17 heteroatoms. The van der Waals surface area contributed by atoms with Crippen molar-refractivity contribution < 1.29 is 116 Å². The summed E-state index contributed by atoms with van der Waals surface area (Å²) in [6, 6.07) is 10.2. The van der Waals surface area contributed by atoms with Gasteiger partial charge in [0.2, 0.25) is 5.43 Å². The molecule has 15 nitrogen and oxygen atoms in total. The molecule has 34 heavy (non-hydrogen) atoms. The van der Waals surface area contributed by atoms with Crippen molar-refractivity contribution in [3.05, 3.63) is 90.3 Å². The van der Waals surface area contributed by atoms with Crippen molar-refractivity contribution in [3.63, 3.8) is 0 Å². The standard InChI is InChI=1S/C17H12N2O5.2Dy.2HNO3/c20-11-5-6-15-13(7-11)16(22)10(9-24-15)8-18-19-17(23)12-3-1-2-4-14(12)21;;;2*2-1(3)4/h1-9,20-21H,(H,19,23);;;2*(H,2,3,4)/q;2*+3;;/b18-8+;;;;. The molecule has 182 valence electrons. The van der Waals surface area contributed by atoms with E-state index in [1.807, 2.05) is 0 Å². The summed E-state index contributed by atoms with van der Waals surface area (Å²) < 4.78 is 5.28. The predicted molar refractivity (Wildman–Crippen MR) is 105 cm³/mol. The number of hydrogen-bond acceptors (Lipinski definition) is 10. The molecule has 0 aliphatic rings. The molecule has 0 saturated heterocycles. The van der Waals surface area contributed by atoms with Crippen LogP contribution < -0.4 is 10.9 Å². The van der Waals surface area contributed by atoms with Gasteiger partial charge in [0.15, 0.2) is 0 Å². The predicted octanol–water partition coefficient (Wildman–Crippen LogP) is 1.27. The minimum Gasteiger partial charge on any atom is -0.508 e. The normalized spacial score (nSPS) is 9.18. The van der Waals surface area contributed by atoms with E-state index in [1.165, 1.54) is 36.6 Å². The van der Waals surface area contributed by atoms with Gasteiger partial charge in [0.25, 0.3) is 16.1 Å². The van der Waals surface area contributed by atoms with Crippen molar-refractivity contribution in [2.45, 2.75) is 0 Å². The number of nitrogens with one attached hydrogen (secondary N) is 1. The Hall–Kier alpha value is -2.66. The number of amides is 1. The van der Waals surface area contributed by atoms with Gasteiger partial charge in [0.1, 0.15) is 23.3 Å². The molecule has 1 heterocycles. The van der Waals surface area contributed by atoms with Crippen molar-refractivity contribution in [2.75, 3.05) is 0 Å². The van der Waals surface area contributed by atoms with E-state index in [-0.39, 0.29) is 104 Å². The fraction of sp³-hybridized carbons (Fsp3) is 0. The second kappa shape index (κ2) is 16.9. The monoisotopic (exact) mass is 778 g/mol. The molecule has 2 aromatic carbocycles. The molecular formula is C17H14Dy2N4O11+6. The van der Waals surface area contributed by atoms with E-state index in [9.17, 15) is 19.8 Å². The Morgan fingerprint density at radius 2 is 1.59 bits per heavy atom. The quantitative estimate of drug-likeness (QED) is 0.144. The van der Waals surface area contributed by atoms with E-state index < -0.39 is 21.5 Å². The zero-order valence-electron chi connectivity index (χ0n) is 16.3. The first kappa shape index (κ1) is 33.5. The van der Waals surface area contributed by atoms with Crippen LogP contribution in [-0.4, -0.2) is 42.9 Å². The van der Waals surface area contributed by atoms with Gasteiger partial charge in [0.05, 0.1) is 22.7 Å². The minimum atomic E-state index is -1.50. The summed E-state index contributed by atoms with van der Waals surface area (Å²) in [5.41, 5.74) is 2.31. The molecule has 5 N–H and O–H groups in total. The van der Waals surface area contributed by atoms with Crippen LogP contribution in [0.5, 0.6) is 11.5 Å². The number of aromatic hydroxyl groups is 2. The largest absolute Gasteiger partial charge is 3.00 e. The van der Waals surface area contributed by atoms with Crippen LogP contribution in [0.15, 0.2) is 63.0 Å². The average molecular weight is 775 g/mol. The van der Waals surface area contributed by atoms with Gasteiger partial charge in [-0.15, -0.1) is 20.2 Å². The zero-order chi connectivity index (χ0) is 24.3. The third kappa shape index (κ3) is 12.0. The van der Waals surface area contributed by atoms with Gasteiger partial charge in [-0.25, -0.2) is 5.43 Å². The number of hydrazone groups is 1. The summed E-state index contributed by atoms with van der Waals surface area (Å²) in [5, 5.41) is 50.2. The van der Waals surface area contributed by atoms with Gasteiger partial charge in [-0.05, 0) is 30.3 Å². The maximum atomic E-state index is 12.3. The third-order valence-corrected chi connectivity index (χ3v) is 3.30. The van der Waals surface area contributed by atoms with Crippen LogP contribution in [0.2, 0.25) is 0 Å². The number of phenols is 2. The van der Waals surface area contributed by atoms with Crippen LogP contribution in [-0.2, 0) is 0 Å². The Kier molecular flexibility index (Phi) is 16.6. The van der Waals surface area contributed by atoms with Gasteiger partial charge in [-0.2, -0.15) is 5.10 Å². The Labute approximate surface area is 249 Å². The smallest absolute Gasteiger partial charge is 0.508 e. The van der Waals surface area contributed by atoms with Crippen molar-refractivity contribution >= 4 is 23.1 Å². The number of hydrogen-bond donors (Lipinski definition) is 5. The van der Waals surface area contributed by atoms with E-state index in [0.29, 0.717) is 5.58 Å². The summed E-state index contributed by atoms with van der Waals surface area (Å²) in [7, 11) is 0. The van der Waals surface area contributed by atoms with Crippen molar-refractivity contribution in [1.29, 1.82) is 0 Å². The average Bonchev–Trinajstić information content (AvgIpc) is 2.69. The maximum absolute atomic E-state index is 12.3. The Morgan fingerprint density at radius 3 is 2.15 bits per heavy atom. The number of phenolic OH excluding ortho intramolecular Hbond substituents is 2. The molecule has 0 unspecified atom stereocenters. The van der Waals surface area contributed by atoms with Crippen molar-refractivity contribution in [1.82, 2.24) is 5.43 Å². The van der Waals surface area contributed by atoms with E-state index >= 15 is 0 Å². The summed E-state index contributed by atoms with van der Waals surface area (Å²) in [6.07, 6.45) is 2.34. The molecule has 3 aromatic rings. The first-order chi connectivity index (χ1) is 15.0. The molecule has 1 amide bonds. The number of rotatable bonds is 3. The van der Waals surface area contributed by atoms with E-state index in [2.05, 4.69) is 10.5 Å². The number of carbonyl (C=O) groups is 1. The second-order valence-corrected chi connectivity index (χ2v) is 5.39. The molecule has 1 aromatic heterocycles. The van der Waals surface area contributed by atoms with Crippen LogP contribution >= 0.6 is 0 Å². The Balaban J connectivity index is 0. The topological polar surface area (TPSA) is 239 Å². The molecule has 0 spiro atoms. The van der Waals surface area contributed by atoms with Gasteiger partial charge in [0, 0.05) is 0 Å². The Morgan fingerprint density at radius 1 is 1.03 bits per heavy atom. The molecule has 0 atom stereocenters. The second-order valence-electron chi connectivity index (χ2n) is 5.39.